The Morgan fingerprint density at radius 1 is 1.27 bits per heavy atom. The fourth-order valence-electron chi connectivity index (χ4n) is 3.04. The summed E-state index contributed by atoms with van der Waals surface area (Å²) in [6, 6.07) is 3.84. The molecule has 0 aliphatic carbocycles. The van der Waals surface area contributed by atoms with Crippen LogP contribution in [-0.4, -0.2) is 72.2 Å². The van der Waals surface area contributed by atoms with Gasteiger partial charge in [-0.1, -0.05) is 17.8 Å². The van der Waals surface area contributed by atoms with Gasteiger partial charge in [0.05, 0.1) is 25.0 Å². The van der Waals surface area contributed by atoms with Crippen molar-refractivity contribution in [3.63, 3.8) is 0 Å². The number of halogens is 2. The first-order chi connectivity index (χ1) is 15.8. The molecule has 13 heteroatoms. The van der Waals surface area contributed by atoms with Crippen LogP contribution in [0.5, 0.6) is 0 Å². The van der Waals surface area contributed by atoms with E-state index in [2.05, 4.69) is 20.5 Å². The largest absolute Gasteiger partial charge is 0.374 e. The van der Waals surface area contributed by atoms with Gasteiger partial charge in [-0.3, -0.25) is 19.3 Å². The lowest BCUT2D eigenvalue weighted by Crippen LogP contribution is -2.47. The van der Waals surface area contributed by atoms with Crippen molar-refractivity contribution in [3.8, 4) is 0 Å². The van der Waals surface area contributed by atoms with Gasteiger partial charge in [-0.2, -0.15) is 0 Å². The minimum absolute atomic E-state index is 0.112. The standard InChI is InChI=1S/C20H23F2N5O4S2/c21-14-2-1-12(5-15(14)22)8-27-3-4-31-13(9-27)6-24-18(29)11-33-20-26-16(10-32-20)19(30)25-7-17(23)28/h1-2,5,10,13H,3-4,6-9,11H2,(H2,23,28)(H,24,29)(H,25,30). The Bertz CT molecular complexity index is 1010. The molecule has 3 amide bonds. The molecule has 1 aliphatic heterocycles. The van der Waals surface area contributed by atoms with Gasteiger partial charge in [0.1, 0.15) is 5.69 Å². The third-order valence-electron chi connectivity index (χ3n) is 4.61. The molecule has 33 heavy (non-hydrogen) atoms. The SMILES string of the molecule is NC(=O)CNC(=O)c1csc(SCC(=O)NCC2CN(Cc3ccc(F)c(F)c3)CCO2)n1. The van der Waals surface area contributed by atoms with E-state index >= 15 is 0 Å². The van der Waals surface area contributed by atoms with Crippen LogP contribution in [0.3, 0.4) is 0 Å². The molecule has 4 N–H and O–H groups in total. The monoisotopic (exact) mass is 499 g/mol. The Kier molecular flexibility index (Phi) is 9.11. The summed E-state index contributed by atoms with van der Waals surface area (Å²) in [5, 5.41) is 6.69. The van der Waals surface area contributed by atoms with Crippen LogP contribution in [0.15, 0.2) is 27.9 Å². The summed E-state index contributed by atoms with van der Waals surface area (Å²) < 4.78 is 32.7. The number of carbonyl (C=O) groups excluding carboxylic acids is 3. The molecular formula is C20H23F2N5O4S2. The molecule has 2 heterocycles. The van der Waals surface area contributed by atoms with Gasteiger partial charge in [-0.25, -0.2) is 13.8 Å². The molecule has 9 nitrogen and oxygen atoms in total. The zero-order valence-corrected chi connectivity index (χ0v) is 19.1. The highest BCUT2D eigenvalue weighted by atomic mass is 32.2. The van der Waals surface area contributed by atoms with Crippen molar-refractivity contribution in [1.29, 1.82) is 0 Å². The van der Waals surface area contributed by atoms with Gasteiger partial charge < -0.3 is 21.1 Å². The van der Waals surface area contributed by atoms with Crippen LogP contribution < -0.4 is 16.4 Å². The molecule has 178 valence electrons. The Morgan fingerprint density at radius 2 is 2.09 bits per heavy atom. The summed E-state index contributed by atoms with van der Waals surface area (Å²) in [5.41, 5.74) is 5.80. The molecular weight excluding hydrogens is 476 g/mol. The zero-order chi connectivity index (χ0) is 23.8. The number of aromatic nitrogens is 1. The Morgan fingerprint density at radius 3 is 2.85 bits per heavy atom. The maximum absolute atomic E-state index is 13.4. The van der Waals surface area contributed by atoms with Crippen LogP contribution in [0.25, 0.3) is 0 Å². The number of primary amides is 1. The second-order valence-electron chi connectivity index (χ2n) is 7.22. The summed E-state index contributed by atoms with van der Waals surface area (Å²) >= 11 is 2.41. The van der Waals surface area contributed by atoms with E-state index in [1.54, 1.807) is 6.07 Å². The molecule has 2 aromatic rings. The number of morpholine rings is 1. The molecule has 1 saturated heterocycles. The van der Waals surface area contributed by atoms with E-state index in [9.17, 15) is 23.2 Å². The minimum atomic E-state index is -0.875. The van der Waals surface area contributed by atoms with E-state index in [0.29, 0.717) is 42.7 Å². The number of hydrogen-bond donors (Lipinski definition) is 3. The van der Waals surface area contributed by atoms with Crippen LogP contribution in [0.4, 0.5) is 8.78 Å². The highest BCUT2D eigenvalue weighted by Crippen LogP contribution is 2.22. The molecule has 3 rings (SSSR count). The van der Waals surface area contributed by atoms with Crippen molar-refractivity contribution >= 4 is 40.8 Å². The van der Waals surface area contributed by atoms with Crippen molar-refractivity contribution in [2.45, 2.75) is 17.0 Å². The molecule has 1 aliphatic rings. The lowest BCUT2D eigenvalue weighted by atomic mass is 10.1. The van der Waals surface area contributed by atoms with Gasteiger partial charge >= 0.3 is 0 Å². The van der Waals surface area contributed by atoms with Crippen molar-refractivity contribution < 1.29 is 27.9 Å². The molecule has 0 spiro atoms. The first-order valence-corrected chi connectivity index (χ1v) is 11.9. The molecule has 0 bridgehead atoms. The Balaban J connectivity index is 1.38. The highest BCUT2D eigenvalue weighted by molar-refractivity contribution is 8.01. The number of amides is 3. The normalized spacial score (nSPS) is 16.4. The second-order valence-corrected chi connectivity index (χ2v) is 9.30. The highest BCUT2D eigenvalue weighted by Gasteiger charge is 2.21. The first kappa shape index (κ1) is 25.0. The number of benzene rings is 1. The van der Waals surface area contributed by atoms with Crippen LogP contribution in [0.1, 0.15) is 16.1 Å². The van der Waals surface area contributed by atoms with Gasteiger partial charge in [0.2, 0.25) is 11.8 Å². The fourth-order valence-corrected chi connectivity index (χ4v) is 4.67. The van der Waals surface area contributed by atoms with E-state index in [1.165, 1.54) is 34.5 Å². The number of ether oxygens (including phenoxy) is 1. The summed E-state index contributed by atoms with van der Waals surface area (Å²) in [6.45, 7) is 2.16. The van der Waals surface area contributed by atoms with Crippen LogP contribution in [0.2, 0.25) is 0 Å². The fraction of sp³-hybridized carbons (Fsp3) is 0.400. The average molecular weight is 500 g/mol. The molecule has 1 atom stereocenters. The molecule has 1 aromatic carbocycles. The topological polar surface area (TPSA) is 127 Å². The lowest BCUT2D eigenvalue weighted by molar-refractivity contribution is -0.120. The van der Waals surface area contributed by atoms with Crippen LogP contribution in [0, 0.1) is 11.6 Å². The molecule has 0 saturated carbocycles. The predicted molar refractivity (Wildman–Crippen MR) is 119 cm³/mol. The molecule has 1 unspecified atom stereocenters. The number of thioether (sulfide) groups is 1. The van der Waals surface area contributed by atoms with E-state index in [1.807, 2.05) is 0 Å². The second kappa shape index (κ2) is 12.0. The maximum Gasteiger partial charge on any atom is 0.271 e. The van der Waals surface area contributed by atoms with E-state index in [0.717, 1.165) is 6.07 Å². The van der Waals surface area contributed by atoms with Crippen LogP contribution >= 0.6 is 23.1 Å². The third-order valence-corrected chi connectivity index (χ3v) is 6.63. The van der Waals surface area contributed by atoms with E-state index in [-0.39, 0.29) is 30.0 Å². The summed E-state index contributed by atoms with van der Waals surface area (Å²) in [4.78, 5) is 40.9. The number of carbonyl (C=O) groups is 3. The van der Waals surface area contributed by atoms with Gasteiger partial charge in [-0.05, 0) is 17.7 Å². The lowest BCUT2D eigenvalue weighted by Gasteiger charge is -2.33. The zero-order valence-electron chi connectivity index (χ0n) is 17.5. The first-order valence-electron chi connectivity index (χ1n) is 9.99. The Labute approximate surface area is 197 Å². The van der Waals surface area contributed by atoms with Crippen molar-refractivity contribution in [1.82, 2.24) is 20.5 Å². The molecule has 0 radical (unpaired) electrons. The Hall–Kier alpha value is -2.61. The molecule has 1 aromatic heterocycles. The quantitative estimate of drug-likeness (QED) is 0.412. The number of nitrogens with two attached hydrogens (primary N) is 1. The number of nitrogens with one attached hydrogen (secondary N) is 2. The van der Waals surface area contributed by atoms with Crippen molar-refractivity contribution in [2.24, 2.45) is 5.73 Å². The smallest absolute Gasteiger partial charge is 0.271 e. The summed E-state index contributed by atoms with van der Waals surface area (Å²) in [5.74, 6) is -3.01. The third kappa shape index (κ3) is 8.03. The van der Waals surface area contributed by atoms with E-state index < -0.39 is 23.4 Å². The van der Waals surface area contributed by atoms with Gasteiger partial charge in [0.25, 0.3) is 5.91 Å². The summed E-state index contributed by atoms with van der Waals surface area (Å²) in [6.07, 6.45) is -0.224. The van der Waals surface area contributed by atoms with Crippen molar-refractivity contribution in [3.05, 3.63) is 46.5 Å². The minimum Gasteiger partial charge on any atom is -0.374 e. The van der Waals surface area contributed by atoms with Gasteiger partial charge in [0.15, 0.2) is 16.0 Å². The van der Waals surface area contributed by atoms with E-state index in [4.69, 9.17) is 10.5 Å². The van der Waals surface area contributed by atoms with Crippen molar-refractivity contribution in [2.75, 3.05) is 38.5 Å². The van der Waals surface area contributed by atoms with Gasteiger partial charge in [0, 0.05) is 31.6 Å². The molecule has 1 fully saturated rings. The number of thiazole rings is 1. The number of rotatable bonds is 10. The maximum atomic E-state index is 13.4. The average Bonchev–Trinajstić information content (AvgIpc) is 3.26. The number of nitrogens with zero attached hydrogens (tertiary/aromatic N) is 2. The number of hydrogen-bond acceptors (Lipinski definition) is 8. The predicted octanol–water partition coefficient (Wildman–Crippen LogP) is 0.746. The van der Waals surface area contributed by atoms with Crippen LogP contribution in [-0.2, 0) is 20.9 Å². The summed E-state index contributed by atoms with van der Waals surface area (Å²) in [7, 11) is 0. The van der Waals surface area contributed by atoms with Gasteiger partial charge in [-0.15, -0.1) is 11.3 Å².